The maximum atomic E-state index is 13.3. The van der Waals surface area contributed by atoms with Gasteiger partial charge < -0.3 is 4.90 Å². The molecule has 1 atom stereocenters. The molecule has 1 heterocycles. The van der Waals surface area contributed by atoms with E-state index >= 15 is 0 Å². The quantitative estimate of drug-likeness (QED) is 0.603. The third kappa shape index (κ3) is 4.27. The van der Waals surface area contributed by atoms with Crippen molar-refractivity contribution >= 4 is 15.9 Å². The number of sulfonamides is 1. The van der Waals surface area contributed by atoms with E-state index in [0.717, 1.165) is 16.7 Å². The van der Waals surface area contributed by atoms with Gasteiger partial charge in [-0.15, -0.1) is 0 Å². The lowest BCUT2D eigenvalue weighted by atomic mass is 9.99. The van der Waals surface area contributed by atoms with Gasteiger partial charge in [-0.3, -0.25) is 4.79 Å². The monoisotopic (exact) mass is 434 g/mol. The van der Waals surface area contributed by atoms with E-state index in [9.17, 15) is 13.2 Å². The molecule has 0 spiro atoms. The lowest BCUT2D eigenvalue weighted by Gasteiger charge is -2.30. The van der Waals surface area contributed by atoms with E-state index in [0.29, 0.717) is 25.1 Å². The van der Waals surface area contributed by atoms with Gasteiger partial charge in [0.2, 0.25) is 10.0 Å². The Morgan fingerprint density at radius 3 is 2.26 bits per heavy atom. The average Bonchev–Trinajstić information content (AvgIpc) is 2.83. The van der Waals surface area contributed by atoms with Crippen LogP contribution in [0.15, 0.2) is 83.8 Å². The number of hydrogen-bond donors (Lipinski definition) is 0. The van der Waals surface area contributed by atoms with Crippen molar-refractivity contribution in [3.8, 4) is 0 Å². The summed E-state index contributed by atoms with van der Waals surface area (Å²) in [5.74, 6) is -0.0330. The predicted molar refractivity (Wildman–Crippen MR) is 121 cm³/mol. The molecule has 1 amide bonds. The molecular formula is C25H26N2O3S. The van der Waals surface area contributed by atoms with E-state index in [-0.39, 0.29) is 16.8 Å². The number of hydrogen-bond acceptors (Lipinski definition) is 3. The van der Waals surface area contributed by atoms with Crippen LogP contribution in [0.2, 0.25) is 0 Å². The van der Waals surface area contributed by atoms with Crippen LogP contribution in [0.5, 0.6) is 0 Å². The summed E-state index contributed by atoms with van der Waals surface area (Å²) >= 11 is 0. The van der Waals surface area contributed by atoms with Gasteiger partial charge in [0, 0.05) is 31.7 Å². The van der Waals surface area contributed by atoms with Crippen molar-refractivity contribution in [2.75, 3.05) is 13.6 Å². The van der Waals surface area contributed by atoms with Gasteiger partial charge in [0.25, 0.3) is 5.91 Å². The van der Waals surface area contributed by atoms with E-state index in [2.05, 4.69) is 0 Å². The molecule has 4 rings (SSSR count). The first kappa shape index (κ1) is 21.3. The highest BCUT2D eigenvalue weighted by Gasteiger charge is 2.28. The minimum atomic E-state index is -3.68. The van der Waals surface area contributed by atoms with Crippen LogP contribution in [0.4, 0.5) is 0 Å². The van der Waals surface area contributed by atoms with E-state index in [4.69, 9.17) is 0 Å². The van der Waals surface area contributed by atoms with Crippen molar-refractivity contribution in [1.82, 2.24) is 9.21 Å². The summed E-state index contributed by atoms with van der Waals surface area (Å²) in [7, 11) is -2.07. The third-order valence-corrected chi connectivity index (χ3v) is 7.93. The molecule has 0 aliphatic carbocycles. The van der Waals surface area contributed by atoms with Crippen LogP contribution in [-0.2, 0) is 23.0 Å². The van der Waals surface area contributed by atoms with Crippen LogP contribution >= 0.6 is 0 Å². The zero-order valence-corrected chi connectivity index (χ0v) is 18.5. The molecule has 0 N–H and O–H groups in total. The fourth-order valence-corrected chi connectivity index (χ4v) is 5.35. The molecule has 0 saturated carbocycles. The first-order valence-electron chi connectivity index (χ1n) is 10.4. The second kappa shape index (κ2) is 8.65. The van der Waals surface area contributed by atoms with Crippen molar-refractivity contribution in [3.63, 3.8) is 0 Å². The summed E-state index contributed by atoms with van der Waals surface area (Å²) < 4.78 is 28.0. The first-order chi connectivity index (χ1) is 14.9. The maximum Gasteiger partial charge on any atom is 0.254 e. The van der Waals surface area contributed by atoms with Gasteiger partial charge in [-0.1, -0.05) is 54.6 Å². The third-order valence-electron chi connectivity index (χ3n) is 6.00. The van der Waals surface area contributed by atoms with E-state index < -0.39 is 10.0 Å². The van der Waals surface area contributed by atoms with Crippen molar-refractivity contribution < 1.29 is 13.2 Å². The van der Waals surface area contributed by atoms with Gasteiger partial charge in [-0.05, 0) is 54.3 Å². The van der Waals surface area contributed by atoms with Crippen LogP contribution < -0.4 is 0 Å². The second-order valence-corrected chi connectivity index (χ2v) is 9.88. The van der Waals surface area contributed by atoms with Gasteiger partial charge in [0.05, 0.1) is 4.90 Å². The summed E-state index contributed by atoms with van der Waals surface area (Å²) in [4.78, 5) is 14.9. The molecule has 31 heavy (non-hydrogen) atoms. The summed E-state index contributed by atoms with van der Waals surface area (Å²) in [5, 5.41) is 0. The SMILES string of the molecule is C[C@@H](c1ccccc1)N(C)S(=O)(=O)c1ccc2c(c1)CN(C(=O)c1ccccc1)CC2. The van der Waals surface area contributed by atoms with E-state index in [1.807, 2.05) is 61.5 Å². The highest BCUT2D eigenvalue weighted by Crippen LogP contribution is 2.29. The number of benzene rings is 3. The Labute approximate surface area is 184 Å². The highest BCUT2D eigenvalue weighted by atomic mass is 32.2. The van der Waals surface area contributed by atoms with Crippen LogP contribution in [0.25, 0.3) is 0 Å². The molecule has 1 aliphatic rings. The molecule has 3 aromatic rings. The van der Waals surface area contributed by atoms with Crippen LogP contribution in [-0.4, -0.2) is 37.1 Å². The zero-order chi connectivity index (χ0) is 22.0. The minimum absolute atomic E-state index is 0.0330. The molecule has 0 fully saturated rings. The molecule has 5 nitrogen and oxygen atoms in total. The molecule has 0 unspecified atom stereocenters. The first-order valence-corrected chi connectivity index (χ1v) is 11.8. The number of nitrogens with zero attached hydrogens (tertiary/aromatic N) is 2. The van der Waals surface area contributed by atoms with Gasteiger partial charge in [-0.2, -0.15) is 4.31 Å². The molecule has 0 aromatic heterocycles. The van der Waals surface area contributed by atoms with E-state index in [1.54, 1.807) is 36.2 Å². The van der Waals surface area contributed by atoms with E-state index in [1.165, 1.54) is 4.31 Å². The van der Waals surface area contributed by atoms with Crippen molar-refractivity contribution in [3.05, 3.63) is 101 Å². The van der Waals surface area contributed by atoms with Gasteiger partial charge in [0.15, 0.2) is 0 Å². The Morgan fingerprint density at radius 2 is 1.58 bits per heavy atom. The van der Waals surface area contributed by atoms with Crippen molar-refractivity contribution in [2.45, 2.75) is 30.8 Å². The summed E-state index contributed by atoms with van der Waals surface area (Å²) in [6, 6.07) is 23.8. The van der Waals surface area contributed by atoms with Crippen LogP contribution in [0.1, 0.15) is 40.0 Å². The summed E-state index contributed by atoms with van der Waals surface area (Å²) in [5.41, 5.74) is 3.56. The minimum Gasteiger partial charge on any atom is -0.334 e. The molecule has 1 aliphatic heterocycles. The van der Waals surface area contributed by atoms with Gasteiger partial charge in [0.1, 0.15) is 0 Å². The molecule has 6 heteroatoms. The molecule has 0 saturated heterocycles. The van der Waals surface area contributed by atoms with Gasteiger partial charge >= 0.3 is 0 Å². The number of carbonyl (C=O) groups is 1. The standard InChI is InChI=1S/C25H26N2O3S/c1-19(20-9-5-3-6-10-20)26(2)31(29,30)24-14-13-21-15-16-27(18-23(21)17-24)25(28)22-11-7-4-8-12-22/h3-14,17,19H,15-16,18H2,1-2H3/t19-/m0/s1. The Bertz CT molecular complexity index is 1180. The lowest BCUT2D eigenvalue weighted by Crippen LogP contribution is -2.36. The van der Waals surface area contributed by atoms with Crippen molar-refractivity contribution in [1.29, 1.82) is 0 Å². The Morgan fingerprint density at radius 1 is 0.935 bits per heavy atom. The lowest BCUT2D eigenvalue weighted by molar-refractivity contribution is 0.0734. The Balaban J connectivity index is 1.58. The Hall–Kier alpha value is -2.96. The van der Waals surface area contributed by atoms with Gasteiger partial charge in [-0.25, -0.2) is 8.42 Å². The van der Waals surface area contributed by atoms with Crippen LogP contribution in [0.3, 0.4) is 0 Å². The average molecular weight is 435 g/mol. The smallest absolute Gasteiger partial charge is 0.254 e. The molecule has 0 radical (unpaired) electrons. The molecular weight excluding hydrogens is 408 g/mol. The number of rotatable bonds is 5. The zero-order valence-electron chi connectivity index (χ0n) is 17.7. The number of fused-ring (bicyclic) bond motifs is 1. The highest BCUT2D eigenvalue weighted by molar-refractivity contribution is 7.89. The topological polar surface area (TPSA) is 57.7 Å². The van der Waals surface area contributed by atoms with Crippen molar-refractivity contribution in [2.24, 2.45) is 0 Å². The summed E-state index contributed by atoms with van der Waals surface area (Å²) in [6.07, 6.45) is 0.713. The predicted octanol–water partition coefficient (Wildman–Crippen LogP) is 4.27. The Kier molecular flexibility index (Phi) is 5.94. The molecule has 160 valence electrons. The molecule has 0 bridgehead atoms. The number of carbonyl (C=O) groups excluding carboxylic acids is 1. The number of amides is 1. The maximum absolute atomic E-state index is 13.3. The largest absolute Gasteiger partial charge is 0.334 e. The van der Waals surface area contributed by atoms with Crippen LogP contribution in [0, 0.1) is 0 Å². The second-order valence-electron chi connectivity index (χ2n) is 7.88. The summed E-state index contributed by atoms with van der Waals surface area (Å²) in [6.45, 7) is 2.91. The fraction of sp³-hybridized carbons (Fsp3) is 0.240. The fourth-order valence-electron chi connectivity index (χ4n) is 3.95. The molecule has 3 aromatic carbocycles. The normalized spacial score (nSPS) is 14.9.